The van der Waals surface area contributed by atoms with Gasteiger partial charge >= 0.3 is 6.03 Å². The predicted octanol–water partition coefficient (Wildman–Crippen LogP) is 1.74. The molecule has 25 heavy (non-hydrogen) atoms. The standard InChI is InChI=1S/C18H29N5O2/c1-21(11-14-10-19-22(2)12-14)17(24)15-6-5-9-23(13-15)18(25)20-16-7-3-4-8-16/h10,12,15-16H,3-9,11,13H2,1-2H3,(H,20,25). The summed E-state index contributed by atoms with van der Waals surface area (Å²) >= 11 is 0. The minimum absolute atomic E-state index is 0.000637. The highest BCUT2D eigenvalue weighted by Crippen LogP contribution is 2.21. The fourth-order valence-electron chi connectivity index (χ4n) is 3.92. The van der Waals surface area contributed by atoms with Crippen molar-refractivity contribution < 1.29 is 9.59 Å². The van der Waals surface area contributed by atoms with Gasteiger partial charge in [0, 0.05) is 51.5 Å². The normalized spacial score (nSPS) is 21.4. The Kier molecular flexibility index (Phi) is 5.60. The average molecular weight is 347 g/mol. The maximum atomic E-state index is 12.8. The molecule has 1 N–H and O–H groups in total. The lowest BCUT2D eigenvalue weighted by Crippen LogP contribution is -2.50. The van der Waals surface area contributed by atoms with Crippen molar-refractivity contribution in [2.75, 3.05) is 20.1 Å². The molecular weight excluding hydrogens is 318 g/mol. The van der Waals surface area contributed by atoms with E-state index in [4.69, 9.17) is 0 Å². The summed E-state index contributed by atoms with van der Waals surface area (Å²) in [6.07, 6.45) is 10.00. The number of carbonyl (C=O) groups excluding carboxylic acids is 2. The number of nitrogens with zero attached hydrogens (tertiary/aromatic N) is 4. The Morgan fingerprint density at radius 1 is 1.28 bits per heavy atom. The summed E-state index contributed by atoms with van der Waals surface area (Å²) in [5.41, 5.74) is 1.02. The van der Waals surface area contributed by atoms with E-state index >= 15 is 0 Å². The van der Waals surface area contributed by atoms with E-state index in [0.717, 1.165) is 37.8 Å². The van der Waals surface area contributed by atoms with E-state index < -0.39 is 0 Å². The minimum atomic E-state index is -0.107. The van der Waals surface area contributed by atoms with Gasteiger partial charge in [-0.1, -0.05) is 12.8 Å². The smallest absolute Gasteiger partial charge is 0.317 e. The van der Waals surface area contributed by atoms with Crippen LogP contribution >= 0.6 is 0 Å². The summed E-state index contributed by atoms with van der Waals surface area (Å²) in [7, 11) is 3.69. The van der Waals surface area contributed by atoms with Gasteiger partial charge in [-0.3, -0.25) is 9.48 Å². The van der Waals surface area contributed by atoms with Crippen LogP contribution in [0.5, 0.6) is 0 Å². The van der Waals surface area contributed by atoms with Gasteiger partial charge in [0.25, 0.3) is 0 Å². The molecule has 0 radical (unpaired) electrons. The molecular formula is C18H29N5O2. The zero-order valence-corrected chi connectivity index (χ0v) is 15.3. The van der Waals surface area contributed by atoms with Crippen molar-refractivity contribution >= 4 is 11.9 Å². The number of aromatic nitrogens is 2. The Bertz CT molecular complexity index is 608. The molecule has 3 rings (SSSR count). The van der Waals surface area contributed by atoms with Gasteiger partial charge in [-0.15, -0.1) is 0 Å². The van der Waals surface area contributed by atoms with Gasteiger partial charge in [-0.25, -0.2) is 4.79 Å². The molecule has 1 aromatic heterocycles. The number of nitrogens with one attached hydrogen (secondary N) is 1. The molecule has 0 aromatic carbocycles. The number of hydrogen-bond donors (Lipinski definition) is 1. The number of rotatable bonds is 4. The highest BCUT2D eigenvalue weighted by Gasteiger charge is 2.31. The van der Waals surface area contributed by atoms with Crippen LogP contribution in [0.3, 0.4) is 0 Å². The van der Waals surface area contributed by atoms with E-state index in [1.165, 1.54) is 12.8 Å². The van der Waals surface area contributed by atoms with Gasteiger partial charge in [0.05, 0.1) is 12.1 Å². The number of likely N-dealkylation sites (tertiary alicyclic amines) is 1. The summed E-state index contributed by atoms with van der Waals surface area (Å²) in [5.74, 6) is 0.00645. The number of piperidine rings is 1. The van der Waals surface area contributed by atoms with Crippen LogP contribution in [0.4, 0.5) is 4.79 Å². The Hall–Kier alpha value is -2.05. The van der Waals surface area contributed by atoms with Gasteiger partial charge in [-0.05, 0) is 25.7 Å². The molecule has 2 heterocycles. The maximum absolute atomic E-state index is 12.8. The molecule has 1 atom stereocenters. The number of aryl methyl sites for hydroxylation is 1. The third-order valence-corrected chi connectivity index (χ3v) is 5.29. The number of hydrogen-bond acceptors (Lipinski definition) is 3. The van der Waals surface area contributed by atoms with Crippen LogP contribution in [-0.4, -0.2) is 57.7 Å². The monoisotopic (exact) mass is 347 g/mol. The first kappa shape index (κ1) is 17.8. The molecule has 7 heteroatoms. The number of urea groups is 1. The fraction of sp³-hybridized carbons (Fsp3) is 0.722. The molecule has 1 aromatic rings. The van der Waals surface area contributed by atoms with E-state index in [-0.39, 0.29) is 17.9 Å². The quantitative estimate of drug-likeness (QED) is 0.902. The summed E-state index contributed by atoms with van der Waals surface area (Å²) in [6, 6.07) is 0.316. The second-order valence-electron chi connectivity index (χ2n) is 7.43. The lowest BCUT2D eigenvalue weighted by Gasteiger charge is -2.34. The Morgan fingerprint density at radius 3 is 2.72 bits per heavy atom. The SMILES string of the molecule is CN(Cc1cnn(C)c1)C(=O)C1CCCN(C(=O)NC2CCCC2)C1. The van der Waals surface area contributed by atoms with E-state index in [1.54, 1.807) is 15.8 Å². The molecule has 138 valence electrons. The summed E-state index contributed by atoms with van der Waals surface area (Å²) in [4.78, 5) is 28.8. The molecule has 7 nitrogen and oxygen atoms in total. The molecule has 2 fully saturated rings. The van der Waals surface area contributed by atoms with Gasteiger partial charge < -0.3 is 15.1 Å². The zero-order chi connectivity index (χ0) is 17.8. The first-order valence-corrected chi connectivity index (χ1v) is 9.31. The largest absolute Gasteiger partial charge is 0.341 e. The van der Waals surface area contributed by atoms with Crippen molar-refractivity contribution in [3.8, 4) is 0 Å². The van der Waals surface area contributed by atoms with Crippen LogP contribution in [0, 0.1) is 5.92 Å². The molecule has 1 saturated heterocycles. The Balaban J connectivity index is 1.52. The van der Waals surface area contributed by atoms with Crippen LogP contribution in [0.2, 0.25) is 0 Å². The van der Waals surface area contributed by atoms with Crippen LogP contribution in [-0.2, 0) is 18.4 Å². The van der Waals surface area contributed by atoms with Crippen molar-refractivity contribution in [2.45, 2.75) is 51.1 Å². The topological polar surface area (TPSA) is 70.5 Å². The second-order valence-corrected chi connectivity index (χ2v) is 7.43. The zero-order valence-electron chi connectivity index (χ0n) is 15.3. The van der Waals surface area contributed by atoms with Crippen LogP contribution in [0.15, 0.2) is 12.4 Å². The van der Waals surface area contributed by atoms with Gasteiger partial charge in [0.1, 0.15) is 0 Å². The van der Waals surface area contributed by atoms with E-state index in [9.17, 15) is 9.59 Å². The van der Waals surface area contributed by atoms with Crippen molar-refractivity contribution in [3.63, 3.8) is 0 Å². The van der Waals surface area contributed by atoms with Crippen LogP contribution in [0.1, 0.15) is 44.1 Å². The Labute approximate surface area is 149 Å². The first-order valence-electron chi connectivity index (χ1n) is 9.31. The van der Waals surface area contributed by atoms with Crippen molar-refractivity contribution in [2.24, 2.45) is 13.0 Å². The van der Waals surface area contributed by atoms with E-state index in [0.29, 0.717) is 19.1 Å². The van der Waals surface area contributed by atoms with Gasteiger partial charge in [-0.2, -0.15) is 5.10 Å². The Morgan fingerprint density at radius 2 is 2.04 bits per heavy atom. The summed E-state index contributed by atoms with van der Waals surface area (Å²) < 4.78 is 1.74. The molecule has 1 aliphatic carbocycles. The van der Waals surface area contributed by atoms with Crippen molar-refractivity contribution in [1.82, 2.24) is 24.9 Å². The van der Waals surface area contributed by atoms with E-state index in [1.807, 2.05) is 25.2 Å². The maximum Gasteiger partial charge on any atom is 0.317 e. The molecule has 0 spiro atoms. The van der Waals surface area contributed by atoms with Crippen LogP contribution < -0.4 is 5.32 Å². The molecule has 1 unspecified atom stereocenters. The van der Waals surface area contributed by atoms with Crippen LogP contribution in [0.25, 0.3) is 0 Å². The predicted molar refractivity (Wildman–Crippen MR) is 94.8 cm³/mol. The lowest BCUT2D eigenvalue weighted by atomic mass is 9.96. The average Bonchev–Trinajstić information content (AvgIpc) is 3.26. The fourth-order valence-corrected chi connectivity index (χ4v) is 3.92. The highest BCUT2D eigenvalue weighted by molar-refractivity contribution is 5.80. The molecule has 0 bridgehead atoms. The first-order chi connectivity index (χ1) is 12.0. The van der Waals surface area contributed by atoms with E-state index in [2.05, 4.69) is 10.4 Å². The third kappa shape index (κ3) is 4.52. The van der Waals surface area contributed by atoms with Gasteiger partial charge in [0.2, 0.25) is 5.91 Å². The summed E-state index contributed by atoms with van der Waals surface area (Å²) in [5, 5.41) is 7.27. The molecule has 2 aliphatic rings. The minimum Gasteiger partial charge on any atom is -0.341 e. The summed E-state index contributed by atoms with van der Waals surface area (Å²) in [6.45, 7) is 1.82. The van der Waals surface area contributed by atoms with Gasteiger partial charge in [0.15, 0.2) is 0 Å². The number of amides is 3. The number of carbonyl (C=O) groups is 2. The second kappa shape index (κ2) is 7.89. The van der Waals surface area contributed by atoms with Crippen molar-refractivity contribution in [3.05, 3.63) is 18.0 Å². The highest BCUT2D eigenvalue weighted by atomic mass is 16.2. The molecule has 3 amide bonds. The van der Waals surface area contributed by atoms with Crippen molar-refractivity contribution in [1.29, 1.82) is 0 Å². The molecule has 1 aliphatic heterocycles. The third-order valence-electron chi connectivity index (χ3n) is 5.29. The molecule has 1 saturated carbocycles. The lowest BCUT2D eigenvalue weighted by molar-refractivity contribution is -0.136.